The van der Waals surface area contributed by atoms with Crippen molar-refractivity contribution in [2.24, 2.45) is 11.5 Å². The second-order valence-corrected chi connectivity index (χ2v) is 2.16. The van der Waals surface area contributed by atoms with Gasteiger partial charge < -0.3 is 15.2 Å². The van der Waals surface area contributed by atoms with Gasteiger partial charge in [-0.15, -0.1) is 0 Å². The number of rotatable bonds is 7. The minimum Gasteiger partial charge on any atom is -0.379 e. The predicted molar refractivity (Wildman–Crippen MR) is 44.5 cm³/mol. The van der Waals surface area contributed by atoms with E-state index < -0.39 is 6.23 Å². The van der Waals surface area contributed by atoms with Crippen molar-refractivity contribution in [3.05, 3.63) is 0 Å². The van der Waals surface area contributed by atoms with Crippen LogP contribution in [0.5, 0.6) is 0 Å². The van der Waals surface area contributed by atoms with Gasteiger partial charge in [-0.2, -0.15) is 0 Å². The molecule has 0 aliphatic rings. The van der Waals surface area contributed by atoms with Crippen LogP contribution in [0.15, 0.2) is 0 Å². The Hall–Kier alpha value is -0.490. The molecule has 0 radical (unpaired) electrons. The van der Waals surface area contributed by atoms with Crippen LogP contribution in [0.2, 0.25) is 0 Å². The number of carbonyl (C=O) groups excluding carboxylic acids is 1. The van der Waals surface area contributed by atoms with Gasteiger partial charge in [-0.3, -0.25) is 10.5 Å². The number of ether oxygens (including phenoxy) is 2. The largest absolute Gasteiger partial charge is 0.379 e. The molecule has 0 aliphatic carbocycles. The van der Waals surface area contributed by atoms with Crippen LogP contribution in [0.1, 0.15) is 6.92 Å². The zero-order valence-electron chi connectivity index (χ0n) is 7.29. The maximum atomic E-state index is 10.8. The Morgan fingerprint density at radius 3 is 2.67 bits per heavy atom. The van der Waals surface area contributed by atoms with E-state index in [1.807, 2.05) is 6.92 Å². The van der Waals surface area contributed by atoms with Crippen molar-refractivity contribution in [3.63, 3.8) is 0 Å². The topological polar surface area (TPSA) is 87.6 Å². The van der Waals surface area contributed by atoms with Crippen molar-refractivity contribution >= 4 is 5.78 Å². The number of Topliss-reactive ketones (excluding diaryl/α,β-unsaturated/α-hetero) is 1. The molecule has 0 aromatic rings. The molecule has 1 unspecified atom stereocenters. The molecule has 0 fully saturated rings. The van der Waals surface area contributed by atoms with Crippen LogP contribution >= 0.6 is 0 Å². The van der Waals surface area contributed by atoms with Crippen LogP contribution in [0, 0.1) is 0 Å². The normalized spacial score (nSPS) is 12.9. The summed E-state index contributed by atoms with van der Waals surface area (Å²) in [5.74, 6) is -0.300. The van der Waals surface area contributed by atoms with Crippen molar-refractivity contribution in [3.8, 4) is 0 Å². The molecule has 0 bridgehead atoms. The van der Waals surface area contributed by atoms with Crippen molar-refractivity contribution in [2.45, 2.75) is 13.2 Å². The zero-order chi connectivity index (χ0) is 9.40. The van der Waals surface area contributed by atoms with Gasteiger partial charge in [0.25, 0.3) is 0 Å². The standard InChI is InChI=1S/C7H16N2O3/c1-2-11-3-4-12-7(9)6(10)5-8/h7H,2-5,8-9H2,1H3. The Balaban J connectivity index is 3.31. The number of ketones is 1. The molecule has 5 heteroatoms. The third-order valence-electron chi connectivity index (χ3n) is 1.25. The first-order valence-electron chi connectivity index (χ1n) is 3.90. The fourth-order valence-electron chi connectivity index (χ4n) is 0.587. The Morgan fingerprint density at radius 2 is 2.17 bits per heavy atom. The van der Waals surface area contributed by atoms with E-state index in [-0.39, 0.29) is 12.3 Å². The van der Waals surface area contributed by atoms with Crippen molar-refractivity contribution in [1.82, 2.24) is 0 Å². The van der Waals surface area contributed by atoms with Gasteiger partial charge >= 0.3 is 0 Å². The van der Waals surface area contributed by atoms with E-state index in [1.165, 1.54) is 0 Å². The molecule has 0 aromatic carbocycles. The summed E-state index contributed by atoms with van der Waals surface area (Å²) in [6.07, 6.45) is -0.907. The molecule has 0 spiro atoms. The van der Waals surface area contributed by atoms with Crippen molar-refractivity contribution < 1.29 is 14.3 Å². The van der Waals surface area contributed by atoms with Crippen LogP contribution in [-0.4, -0.2) is 38.4 Å². The second-order valence-electron chi connectivity index (χ2n) is 2.16. The monoisotopic (exact) mass is 176 g/mol. The molecular weight excluding hydrogens is 160 g/mol. The summed E-state index contributed by atoms with van der Waals surface area (Å²) in [5.41, 5.74) is 10.4. The first kappa shape index (κ1) is 11.5. The van der Waals surface area contributed by atoms with E-state index in [9.17, 15) is 4.79 Å². The Morgan fingerprint density at radius 1 is 1.50 bits per heavy atom. The van der Waals surface area contributed by atoms with Crippen LogP contribution in [0.4, 0.5) is 0 Å². The maximum Gasteiger partial charge on any atom is 0.189 e. The van der Waals surface area contributed by atoms with E-state index in [1.54, 1.807) is 0 Å². The SMILES string of the molecule is CCOCCOC(N)C(=O)CN. The summed E-state index contributed by atoms with van der Waals surface area (Å²) in [6, 6.07) is 0. The van der Waals surface area contributed by atoms with Gasteiger partial charge in [-0.05, 0) is 6.92 Å². The van der Waals surface area contributed by atoms with Crippen molar-refractivity contribution in [1.29, 1.82) is 0 Å². The number of nitrogens with two attached hydrogens (primary N) is 2. The third kappa shape index (κ3) is 5.20. The minimum atomic E-state index is -0.907. The van der Waals surface area contributed by atoms with E-state index in [2.05, 4.69) is 0 Å². The summed E-state index contributed by atoms with van der Waals surface area (Å²) >= 11 is 0. The first-order chi connectivity index (χ1) is 5.72. The van der Waals surface area contributed by atoms with Crippen LogP contribution < -0.4 is 11.5 Å². The van der Waals surface area contributed by atoms with E-state index >= 15 is 0 Å². The summed E-state index contributed by atoms with van der Waals surface area (Å²) in [4.78, 5) is 10.8. The molecule has 72 valence electrons. The average Bonchev–Trinajstić information content (AvgIpc) is 2.10. The smallest absolute Gasteiger partial charge is 0.189 e. The summed E-state index contributed by atoms with van der Waals surface area (Å²) in [6.45, 7) is 3.19. The van der Waals surface area contributed by atoms with Gasteiger partial charge in [0.1, 0.15) is 0 Å². The predicted octanol–water partition coefficient (Wildman–Crippen LogP) is -1.15. The third-order valence-corrected chi connectivity index (χ3v) is 1.25. The van der Waals surface area contributed by atoms with Gasteiger partial charge in [0.05, 0.1) is 19.8 Å². The Bertz CT molecular complexity index is 130. The highest BCUT2D eigenvalue weighted by molar-refractivity contribution is 5.84. The van der Waals surface area contributed by atoms with Gasteiger partial charge in [0.15, 0.2) is 12.0 Å². The van der Waals surface area contributed by atoms with Gasteiger partial charge in [-0.25, -0.2) is 0 Å². The van der Waals surface area contributed by atoms with Crippen LogP contribution in [-0.2, 0) is 14.3 Å². The molecule has 0 aliphatic heterocycles. The van der Waals surface area contributed by atoms with Gasteiger partial charge in [0, 0.05) is 6.61 Å². The fourth-order valence-corrected chi connectivity index (χ4v) is 0.587. The minimum absolute atomic E-state index is 0.0875. The quantitative estimate of drug-likeness (QED) is 0.378. The molecule has 0 amide bonds. The highest BCUT2D eigenvalue weighted by Crippen LogP contribution is 1.85. The molecule has 4 N–H and O–H groups in total. The lowest BCUT2D eigenvalue weighted by Crippen LogP contribution is -2.38. The Kier molecular flexibility index (Phi) is 6.88. The molecular formula is C7H16N2O3. The molecule has 0 saturated heterocycles. The van der Waals surface area contributed by atoms with E-state index in [0.717, 1.165) is 0 Å². The van der Waals surface area contributed by atoms with Crippen molar-refractivity contribution in [2.75, 3.05) is 26.4 Å². The molecule has 12 heavy (non-hydrogen) atoms. The first-order valence-corrected chi connectivity index (χ1v) is 3.90. The van der Waals surface area contributed by atoms with Crippen LogP contribution in [0.25, 0.3) is 0 Å². The Labute approximate surface area is 72.0 Å². The molecule has 0 aromatic heterocycles. The maximum absolute atomic E-state index is 10.8. The lowest BCUT2D eigenvalue weighted by molar-refractivity contribution is -0.129. The number of hydrogen-bond acceptors (Lipinski definition) is 5. The van der Waals surface area contributed by atoms with Crippen LogP contribution in [0.3, 0.4) is 0 Å². The van der Waals surface area contributed by atoms with E-state index in [4.69, 9.17) is 20.9 Å². The summed E-state index contributed by atoms with van der Waals surface area (Å²) in [5, 5.41) is 0. The fraction of sp³-hybridized carbons (Fsp3) is 0.857. The number of hydrogen-bond donors (Lipinski definition) is 2. The molecule has 0 saturated carbocycles. The molecule has 0 rings (SSSR count). The van der Waals surface area contributed by atoms with E-state index in [0.29, 0.717) is 19.8 Å². The lowest BCUT2D eigenvalue weighted by atomic mass is 10.3. The van der Waals surface area contributed by atoms with Gasteiger partial charge in [0.2, 0.25) is 0 Å². The zero-order valence-corrected chi connectivity index (χ0v) is 7.29. The average molecular weight is 176 g/mol. The molecule has 1 atom stereocenters. The second kappa shape index (κ2) is 7.17. The summed E-state index contributed by atoms with van der Waals surface area (Å²) in [7, 11) is 0. The van der Waals surface area contributed by atoms with Gasteiger partial charge in [-0.1, -0.05) is 0 Å². The highest BCUT2D eigenvalue weighted by Gasteiger charge is 2.10. The highest BCUT2D eigenvalue weighted by atomic mass is 16.5. The lowest BCUT2D eigenvalue weighted by Gasteiger charge is -2.10. The number of carbonyl (C=O) groups is 1. The molecule has 5 nitrogen and oxygen atoms in total. The summed E-state index contributed by atoms with van der Waals surface area (Å²) < 4.78 is 9.89. The molecule has 0 heterocycles.